The van der Waals surface area contributed by atoms with E-state index in [1.165, 1.54) is 0 Å². The molecule has 1 aliphatic rings. The lowest BCUT2D eigenvalue weighted by Gasteiger charge is -2.25. The van der Waals surface area contributed by atoms with Crippen molar-refractivity contribution in [1.82, 2.24) is 5.32 Å². The lowest BCUT2D eigenvalue weighted by atomic mass is 9.92. The summed E-state index contributed by atoms with van der Waals surface area (Å²) in [6, 6.07) is 18.0. The number of aliphatic carboxylic acids is 1. The molecule has 2 aromatic carbocycles. The van der Waals surface area contributed by atoms with E-state index in [1.807, 2.05) is 51.1 Å². The van der Waals surface area contributed by atoms with Gasteiger partial charge in [0.15, 0.2) is 0 Å². The lowest BCUT2D eigenvalue weighted by molar-refractivity contribution is -0.143. The summed E-state index contributed by atoms with van der Waals surface area (Å²) in [5.41, 5.74) is 1.99. The quantitative estimate of drug-likeness (QED) is 0.688. The maximum absolute atomic E-state index is 12.3. The summed E-state index contributed by atoms with van der Waals surface area (Å²) < 4.78 is 5.38. The first-order valence-electron chi connectivity index (χ1n) is 10.0. The summed E-state index contributed by atoms with van der Waals surface area (Å²) in [6.45, 7) is 5.43. The van der Waals surface area contributed by atoms with Crippen LogP contribution in [-0.2, 0) is 16.0 Å². The molecular formula is C24H29NO4. The Morgan fingerprint density at radius 2 is 1.62 bits per heavy atom. The monoisotopic (exact) mass is 395 g/mol. The van der Waals surface area contributed by atoms with Gasteiger partial charge in [-0.15, -0.1) is 0 Å². The minimum Gasteiger partial charge on any atom is -0.481 e. The van der Waals surface area contributed by atoms with Crippen LogP contribution in [0.2, 0.25) is 0 Å². The first-order chi connectivity index (χ1) is 13.7. The molecule has 154 valence electrons. The summed E-state index contributed by atoms with van der Waals surface area (Å²) in [6.07, 6.45) is 1.76. The van der Waals surface area contributed by atoms with Crippen molar-refractivity contribution in [2.75, 3.05) is 0 Å². The molecule has 0 saturated heterocycles. The third kappa shape index (κ3) is 5.83. The van der Waals surface area contributed by atoms with Gasteiger partial charge in [-0.3, -0.25) is 4.79 Å². The van der Waals surface area contributed by atoms with Crippen LogP contribution in [0.3, 0.4) is 0 Å². The summed E-state index contributed by atoms with van der Waals surface area (Å²) >= 11 is 0. The highest BCUT2D eigenvalue weighted by molar-refractivity contribution is 5.78. The predicted octanol–water partition coefficient (Wildman–Crippen LogP) is 5.04. The van der Waals surface area contributed by atoms with Crippen LogP contribution in [0.15, 0.2) is 54.6 Å². The van der Waals surface area contributed by atoms with E-state index in [-0.39, 0.29) is 6.04 Å². The van der Waals surface area contributed by atoms with E-state index in [1.54, 1.807) is 0 Å². The van der Waals surface area contributed by atoms with E-state index in [4.69, 9.17) is 4.74 Å². The molecule has 0 aliphatic heterocycles. The van der Waals surface area contributed by atoms with Crippen LogP contribution in [-0.4, -0.2) is 28.8 Å². The van der Waals surface area contributed by atoms with E-state index < -0.39 is 23.1 Å². The predicted molar refractivity (Wildman–Crippen MR) is 113 cm³/mol. The van der Waals surface area contributed by atoms with Crippen LogP contribution in [0.25, 0.3) is 11.1 Å². The first-order valence-corrected chi connectivity index (χ1v) is 10.0. The van der Waals surface area contributed by atoms with Crippen LogP contribution < -0.4 is 5.32 Å². The highest BCUT2D eigenvalue weighted by Gasteiger charge is 2.51. The molecule has 0 radical (unpaired) electrons. The van der Waals surface area contributed by atoms with Gasteiger partial charge in [0.1, 0.15) is 5.60 Å². The Morgan fingerprint density at radius 1 is 1.03 bits per heavy atom. The van der Waals surface area contributed by atoms with Crippen LogP contribution in [0.5, 0.6) is 0 Å². The van der Waals surface area contributed by atoms with Gasteiger partial charge in [0.05, 0.1) is 5.41 Å². The van der Waals surface area contributed by atoms with Gasteiger partial charge in [-0.1, -0.05) is 54.6 Å². The molecule has 0 aromatic heterocycles. The van der Waals surface area contributed by atoms with Gasteiger partial charge < -0.3 is 15.2 Å². The molecule has 5 heteroatoms. The Hall–Kier alpha value is -2.82. The zero-order valence-electron chi connectivity index (χ0n) is 17.3. The minimum absolute atomic E-state index is 0.300. The van der Waals surface area contributed by atoms with Crippen molar-refractivity contribution in [3.05, 3.63) is 60.2 Å². The number of rotatable bonds is 7. The second-order valence-electron chi connectivity index (χ2n) is 8.90. The number of benzene rings is 2. The molecule has 2 N–H and O–H groups in total. The second-order valence-corrected chi connectivity index (χ2v) is 8.90. The number of alkyl carbamates (subject to hydrolysis) is 1. The smallest absolute Gasteiger partial charge is 0.407 e. The van der Waals surface area contributed by atoms with Crippen molar-refractivity contribution in [1.29, 1.82) is 0 Å². The maximum atomic E-state index is 12.3. The second kappa shape index (κ2) is 8.27. The number of carbonyl (C=O) groups excluding carboxylic acids is 1. The number of carbonyl (C=O) groups is 2. The molecule has 0 spiro atoms. The van der Waals surface area contributed by atoms with Crippen LogP contribution in [0.1, 0.15) is 45.6 Å². The van der Waals surface area contributed by atoms with E-state index in [2.05, 4.69) is 29.6 Å². The number of carboxylic acid groups (broad SMARTS) is 1. The molecule has 2 aromatic rings. The number of amides is 1. The van der Waals surface area contributed by atoms with Gasteiger partial charge in [-0.05, 0) is 63.1 Å². The molecule has 29 heavy (non-hydrogen) atoms. The Morgan fingerprint density at radius 3 is 2.14 bits per heavy atom. The Kier molecular flexibility index (Phi) is 5.96. The average molecular weight is 395 g/mol. The Labute approximate surface area is 172 Å². The summed E-state index contributed by atoms with van der Waals surface area (Å²) in [4.78, 5) is 23.9. The van der Waals surface area contributed by atoms with Gasteiger partial charge in [0, 0.05) is 6.04 Å². The van der Waals surface area contributed by atoms with Crippen molar-refractivity contribution in [2.24, 2.45) is 5.41 Å². The molecule has 0 heterocycles. The molecule has 0 bridgehead atoms. The van der Waals surface area contributed by atoms with Crippen molar-refractivity contribution in [3.8, 4) is 11.1 Å². The summed E-state index contributed by atoms with van der Waals surface area (Å²) in [5.74, 6) is -0.784. The van der Waals surface area contributed by atoms with Crippen LogP contribution in [0.4, 0.5) is 4.79 Å². The van der Waals surface area contributed by atoms with E-state index in [0.29, 0.717) is 25.7 Å². The summed E-state index contributed by atoms with van der Waals surface area (Å²) in [7, 11) is 0. The molecule has 3 rings (SSSR count). The SMILES string of the molecule is CC(C)(C)OC(=O)N[C@H](Cc1ccc(-c2ccccc2)cc1)CC1(C(=O)O)CC1. The van der Waals surface area contributed by atoms with Crippen LogP contribution >= 0.6 is 0 Å². The first kappa shape index (κ1) is 20.9. The third-order valence-electron chi connectivity index (χ3n) is 5.21. The number of carboxylic acids is 1. The van der Waals surface area contributed by atoms with E-state index in [9.17, 15) is 14.7 Å². The molecule has 0 unspecified atom stereocenters. The van der Waals surface area contributed by atoms with Crippen molar-refractivity contribution >= 4 is 12.1 Å². The zero-order chi connectivity index (χ0) is 21.1. The van der Waals surface area contributed by atoms with Gasteiger partial charge in [-0.2, -0.15) is 0 Å². The maximum Gasteiger partial charge on any atom is 0.407 e. The standard InChI is InChI=1S/C24H29NO4/c1-23(2,3)29-22(28)25-20(16-24(13-14-24)21(26)27)15-17-9-11-19(12-10-17)18-7-5-4-6-8-18/h4-12,20H,13-16H2,1-3H3,(H,25,28)(H,26,27)/t20-/m1/s1. The number of ether oxygens (including phenoxy) is 1. The highest BCUT2D eigenvalue weighted by atomic mass is 16.6. The number of hydrogen-bond donors (Lipinski definition) is 2. The molecular weight excluding hydrogens is 366 g/mol. The van der Waals surface area contributed by atoms with Crippen molar-refractivity contribution in [2.45, 2.75) is 58.1 Å². The normalized spacial score (nSPS) is 16.0. The molecule has 1 saturated carbocycles. The van der Waals surface area contributed by atoms with Crippen molar-refractivity contribution in [3.63, 3.8) is 0 Å². The third-order valence-corrected chi connectivity index (χ3v) is 5.21. The Balaban J connectivity index is 1.72. The average Bonchev–Trinajstić information content (AvgIpc) is 3.42. The van der Waals surface area contributed by atoms with Crippen LogP contribution in [0, 0.1) is 5.41 Å². The summed E-state index contributed by atoms with van der Waals surface area (Å²) in [5, 5.41) is 12.5. The largest absolute Gasteiger partial charge is 0.481 e. The molecule has 1 atom stereocenters. The van der Waals surface area contributed by atoms with Gasteiger partial charge in [0.25, 0.3) is 0 Å². The van der Waals surface area contributed by atoms with Crippen molar-refractivity contribution < 1.29 is 19.4 Å². The molecule has 1 fully saturated rings. The number of nitrogens with one attached hydrogen (secondary N) is 1. The van der Waals surface area contributed by atoms with Gasteiger partial charge in [-0.25, -0.2) is 4.79 Å². The fourth-order valence-electron chi connectivity index (χ4n) is 3.52. The zero-order valence-corrected chi connectivity index (χ0v) is 17.3. The molecule has 1 aliphatic carbocycles. The topological polar surface area (TPSA) is 75.6 Å². The Bertz CT molecular complexity index is 849. The van der Waals surface area contributed by atoms with Gasteiger partial charge >= 0.3 is 12.1 Å². The number of hydrogen-bond acceptors (Lipinski definition) is 3. The fourth-order valence-corrected chi connectivity index (χ4v) is 3.52. The van der Waals surface area contributed by atoms with Gasteiger partial charge in [0.2, 0.25) is 0 Å². The lowest BCUT2D eigenvalue weighted by Crippen LogP contribution is -2.42. The highest BCUT2D eigenvalue weighted by Crippen LogP contribution is 2.50. The molecule has 5 nitrogen and oxygen atoms in total. The van der Waals surface area contributed by atoms with E-state index >= 15 is 0 Å². The minimum atomic E-state index is -0.784. The molecule has 1 amide bonds. The van der Waals surface area contributed by atoms with E-state index in [0.717, 1.165) is 16.7 Å². The fraction of sp³-hybridized carbons (Fsp3) is 0.417.